The zero-order valence-electron chi connectivity index (χ0n) is 61.1. The first-order valence-electron chi connectivity index (χ1n) is 38.7. The SMILES string of the molecule is CC/C=C\C/C=C\C/C=C\C/C=C\C/C=C\C/C=C\C/C=C\C/C=C\C/C=C\C/C=C\CCCCCCC(=O)OC(COC(=O)CCCCCCCCCCCCCCCCCCCCCCCCCCCCCCCCCCC)COC(OCC[N+](C)(C)C)C(=O)[O-]. The summed E-state index contributed by atoms with van der Waals surface area (Å²) in [4.78, 5) is 37.6. The van der Waals surface area contributed by atoms with Gasteiger partial charge in [0.15, 0.2) is 12.4 Å². The smallest absolute Gasteiger partial charge is 0.306 e. The molecular formula is C84H145NO8. The third-order valence-electron chi connectivity index (χ3n) is 16.7. The van der Waals surface area contributed by atoms with Gasteiger partial charge in [0.25, 0.3) is 0 Å². The molecule has 2 atom stereocenters. The molecule has 0 aromatic carbocycles. The summed E-state index contributed by atoms with van der Waals surface area (Å²) in [5.41, 5.74) is 0. The molecule has 0 N–H and O–H groups in total. The zero-order valence-corrected chi connectivity index (χ0v) is 61.1. The topological polar surface area (TPSA) is 111 Å². The molecule has 93 heavy (non-hydrogen) atoms. The third-order valence-corrected chi connectivity index (χ3v) is 16.7. The minimum atomic E-state index is -1.64. The number of aliphatic carboxylic acids is 1. The van der Waals surface area contributed by atoms with Gasteiger partial charge in [-0.05, 0) is 89.9 Å². The normalized spacial score (nSPS) is 13.3. The molecular weight excluding hydrogens is 1150 g/mol. The molecule has 0 radical (unpaired) electrons. The fourth-order valence-corrected chi connectivity index (χ4v) is 10.9. The van der Waals surface area contributed by atoms with Crippen LogP contribution in [0.4, 0.5) is 0 Å². The summed E-state index contributed by atoms with van der Waals surface area (Å²) < 4.78 is 22.8. The number of rotatable bonds is 71. The van der Waals surface area contributed by atoms with E-state index in [1.807, 2.05) is 21.1 Å². The van der Waals surface area contributed by atoms with Crippen LogP contribution in [-0.2, 0) is 33.3 Å². The molecule has 0 saturated carbocycles. The highest BCUT2D eigenvalue weighted by Crippen LogP contribution is 2.18. The number of nitrogens with zero attached hydrogens (tertiary/aromatic N) is 1. The highest BCUT2D eigenvalue weighted by Gasteiger charge is 2.22. The van der Waals surface area contributed by atoms with Crippen molar-refractivity contribution < 1.29 is 42.9 Å². The predicted octanol–water partition coefficient (Wildman–Crippen LogP) is 23.4. The summed E-state index contributed by atoms with van der Waals surface area (Å²) in [5, 5.41) is 11.8. The Morgan fingerprint density at radius 1 is 0.333 bits per heavy atom. The molecule has 9 heteroatoms. The molecule has 0 saturated heterocycles. The maximum Gasteiger partial charge on any atom is 0.306 e. The van der Waals surface area contributed by atoms with E-state index in [2.05, 4.69) is 135 Å². The third kappa shape index (κ3) is 74.9. The van der Waals surface area contributed by atoms with Gasteiger partial charge in [-0.1, -0.05) is 354 Å². The van der Waals surface area contributed by atoms with Crippen LogP contribution >= 0.6 is 0 Å². The summed E-state index contributed by atoms with van der Waals surface area (Å²) in [6.07, 6.45) is 102. The molecule has 0 heterocycles. The summed E-state index contributed by atoms with van der Waals surface area (Å²) in [7, 11) is 5.92. The zero-order chi connectivity index (χ0) is 67.5. The molecule has 0 aliphatic carbocycles. The van der Waals surface area contributed by atoms with Crippen LogP contribution < -0.4 is 5.11 Å². The van der Waals surface area contributed by atoms with Gasteiger partial charge in [0.2, 0.25) is 0 Å². The molecule has 0 amide bonds. The van der Waals surface area contributed by atoms with Crippen LogP contribution in [-0.4, -0.2) is 82.3 Å². The van der Waals surface area contributed by atoms with Crippen molar-refractivity contribution in [1.82, 2.24) is 0 Å². The standard InChI is InChI=1S/C84H145NO8/c1-6-8-10-12-14-16-18-20-22-24-26-28-30-32-34-36-38-40-41-43-45-47-49-51-53-55-57-59-61-63-65-67-69-71-73-75-82(87)93-80(79-92-84(83(88)89)90-77-76-85(3,4)5)78-91-81(86)74-72-70-68-66-64-62-60-58-56-54-52-50-48-46-44-42-39-37-35-33-31-29-27-25-23-21-19-17-15-13-11-9-7-2/h8,10,14,16,20,22,26,28,32,34,38,40,43,45,49,51,55,57,61,63,80,84H,6-7,9,11-13,15,17-19,21,23-25,27,29-31,33,35-37,39,41-42,44,46-48,50,52-54,56,58-60,62,64-79H2,1-5H3/b10-8-,16-14-,22-20-,28-26-,34-32-,40-38-,45-43-,51-49-,57-55-,63-61-. The molecule has 0 rings (SSSR count). The highest BCUT2D eigenvalue weighted by molar-refractivity contribution is 5.70. The van der Waals surface area contributed by atoms with Gasteiger partial charge in [-0.15, -0.1) is 0 Å². The summed E-state index contributed by atoms with van der Waals surface area (Å²) in [5.74, 6) is -2.31. The number of hydrogen-bond donors (Lipinski definition) is 0. The predicted molar refractivity (Wildman–Crippen MR) is 398 cm³/mol. The number of carboxylic acid groups (broad SMARTS) is 1. The van der Waals surface area contributed by atoms with E-state index in [1.54, 1.807) is 0 Å². The number of ether oxygens (including phenoxy) is 4. The molecule has 0 aromatic heterocycles. The fraction of sp³-hybridized carbons (Fsp3) is 0.726. The van der Waals surface area contributed by atoms with E-state index in [4.69, 9.17) is 18.9 Å². The van der Waals surface area contributed by atoms with Gasteiger partial charge in [-0.2, -0.15) is 0 Å². The molecule has 0 aliphatic rings. The van der Waals surface area contributed by atoms with Gasteiger partial charge < -0.3 is 33.3 Å². The Hall–Kier alpha value is -4.31. The van der Waals surface area contributed by atoms with Crippen LogP contribution in [0.25, 0.3) is 0 Å². The number of esters is 2. The van der Waals surface area contributed by atoms with Crippen LogP contribution in [0, 0.1) is 0 Å². The maximum absolute atomic E-state index is 12.9. The lowest BCUT2D eigenvalue weighted by molar-refractivity contribution is -0.870. The van der Waals surface area contributed by atoms with E-state index in [0.29, 0.717) is 17.4 Å². The lowest BCUT2D eigenvalue weighted by Crippen LogP contribution is -2.44. The van der Waals surface area contributed by atoms with Crippen molar-refractivity contribution in [2.45, 2.75) is 347 Å². The van der Waals surface area contributed by atoms with E-state index >= 15 is 0 Å². The van der Waals surface area contributed by atoms with E-state index in [9.17, 15) is 19.5 Å². The Kier molecular flexibility index (Phi) is 70.1. The Balaban J connectivity index is 4.13. The highest BCUT2D eigenvalue weighted by atomic mass is 16.7. The van der Waals surface area contributed by atoms with Crippen LogP contribution in [0.3, 0.4) is 0 Å². The van der Waals surface area contributed by atoms with Crippen molar-refractivity contribution >= 4 is 17.9 Å². The van der Waals surface area contributed by atoms with E-state index in [0.717, 1.165) is 109 Å². The van der Waals surface area contributed by atoms with Gasteiger partial charge >= 0.3 is 11.9 Å². The minimum absolute atomic E-state index is 0.138. The average Bonchev–Trinajstić information content (AvgIpc) is 3.74. The molecule has 534 valence electrons. The number of carbonyl (C=O) groups excluding carboxylic acids is 3. The summed E-state index contributed by atoms with van der Waals surface area (Å²) in [6.45, 7) is 4.64. The Morgan fingerprint density at radius 3 is 0.914 bits per heavy atom. The molecule has 0 spiro atoms. The maximum atomic E-state index is 12.9. The van der Waals surface area contributed by atoms with Gasteiger partial charge in [-0.3, -0.25) is 9.59 Å². The number of unbranched alkanes of at least 4 members (excludes halogenated alkanes) is 36. The number of carbonyl (C=O) groups is 3. The number of hydrogen-bond acceptors (Lipinski definition) is 8. The number of allylic oxidation sites excluding steroid dienone is 20. The Bertz CT molecular complexity index is 1950. The second kappa shape index (κ2) is 73.5. The molecule has 0 bridgehead atoms. The fourth-order valence-electron chi connectivity index (χ4n) is 10.9. The van der Waals surface area contributed by atoms with Crippen molar-refractivity contribution in [1.29, 1.82) is 0 Å². The van der Waals surface area contributed by atoms with Gasteiger partial charge in [-0.25, -0.2) is 0 Å². The molecule has 0 aliphatic heterocycles. The van der Waals surface area contributed by atoms with Crippen LogP contribution in [0.2, 0.25) is 0 Å². The average molecular weight is 1300 g/mol. The monoisotopic (exact) mass is 1300 g/mol. The van der Waals surface area contributed by atoms with Crippen molar-refractivity contribution in [2.24, 2.45) is 0 Å². The van der Waals surface area contributed by atoms with Crippen molar-refractivity contribution in [2.75, 3.05) is 47.5 Å². The Labute approximate surface area is 574 Å². The van der Waals surface area contributed by atoms with Crippen LogP contribution in [0.5, 0.6) is 0 Å². The van der Waals surface area contributed by atoms with Gasteiger partial charge in [0.1, 0.15) is 13.2 Å². The second-order valence-electron chi connectivity index (χ2n) is 26.9. The number of likely N-dealkylation sites (N-methyl/N-ethyl adjacent to an activating group) is 1. The lowest BCUT2D eigenvalue weighted by atomic mass is 10.0. The first-order valence-corrected chi connectivity index (χ1v) is 38.7. The number of carboxylic acids is 1. The quantitative estimate of drug-likeness (QED) is 0.0195. The van der Waals surface area contributed by atoms with E-state index < -0.39 is 24.3 Å². The summed E-state index contributed by atoms with van der Waals surface area (Å²) in [6, 6.07) is 0. The van der Waals surface area contributed by atoms with Crippen LogP contribution in [0.1, 0.15) is 335 Å². The number of quaternary nitrogens is 1. The Morgan fingerprint density at radius 2 is 0.613 bits per heavy atom. The van der Waals surface area contributed by atoms with Gasteiger partial charge in [0.05, 0.1) is 40.3 Å². The van der Waals surface area contributed by atoms with Crippen LogP contribution in [0.15, 0.2) is 122 Å². The molecule has 0 fully saturated rings. The van der Waals surface area contributed by atoms with Crippen molar-refractivity contribution in [3.8, 4) is 0 Å². The first kappa shape index (κ1) is 88.7. The second-order valence-corrected chi connectivity index (χ2v) is 26.9. The first-order chi connectivity index (χ1) is 45.6. The van der Waals surface area contributed by atoms with Gasteiger partial charge in [0, 0.05) is 12.8 Å². The molecule has 9 nitrogen and oxygen atoms in total. The van der Waals surface area contributed by atoms with Crippen molar-refractivity contribution in [3.63, 3.8) is 0 Å². The lowest BCUT2D eigenvalue weighted by Gasteiger charge is -2.26. The molecule has 2 unspecified atom stereocenters. The molecule has 0 aromatic rings. The van der Waals surface area contributed by atoms with E-state index in [-0.39, 0.29) is 38.6 Å². The largest absolute Gasteiger partial charge is 0.545 e. The summed E-state index contributed by atoms with van der Waals surface area (Å²) >= 11 is 0. The van der Waals surface area contributed by atoms with E-state index in [1.165, 1.54) is 193 Å². The van der Waals surface area contributed by atoms with Crippen molar-refractivity contribution in [3.05, 3.63) is 122 Å². The minimum Gasteiger partial charge on any atom is -0.545 e.